The van der Waals surface area contributed by atoms with E-state index < -0.39 is 11.9 Å². The van der Waals surface area contributed by atoms with Crippen LogP contribution in [0.4, 0.5) is 0 Å². The molecular formula is C11H14ClNO4. The van der Waals surface area contributed by atoms with Crippen molar-refractivity contribution in [2.24, 2.45) is 5.92 Å². The van der Waals surface area contributed by atoms with E-state index in [4.69, 9.17) is 21.1 Å². The first-order valence-corrected chi connectivity index (χ1v) is 5.61. The van der Waals surface area contributed by atoms with E-state index in [2.05, 4.69) is 0 Å². The van der Waals surface area contributed by atoms with Crippen LogP contribution in [0.5, 0.6) is 0 Å². The Hall–Kier alpha value is -1.49. The molecule has 1 atom stereocenters. The number of nitrogens with zero attached hydrogens (tertiary/aromatic N) is 1. The predicted octanol–water partition coefficient (Wildman–Crippen LogP) is 2.12. The Morgan fingerprint density at radius 1 is 1.53 bits per heavy atom. The zero-order chi connectivity index (χ0) is 13.0. The van der Waals surface area contributed by atoms with Crippen LogP contribution in [0.3, 0.4) is 0 Å². The Morgan fingerprint density at radius 2 is 2.18 bits per heavy atom. The lowest BCUT2D eigenvalue weighted by atomic mass is 10.1. The van der Waals surface area contributed by atoms with Crippen molar-refractivity contribution in [2.75, 3.05) is 13.1 Å². The summed E-state index contributed by atoms with van der Waals surface area (Å²) in [5.74, 6) is -1.79. The summed E-state index contributed by atoms with van der Waals surface area (Å²) in [7, 11) is 0. The van der Waals surface area contributed by atoms with Crippen LogP contribution in [0.25, 0.3) is 0 Å². The van der Waals surface area contributed by atoms with E-state index in [0.717, 1.165) is 0 Å². The molecule has 0 aliphatic rings. The molecule has 1 heterocycles. The molecule has 0 spiro atoms. The Kier molecular flexibility index (Phi) is 4.57. The SMILES string of the molecule is CCN(CC(C)C(=O)O)C(=O)c1ccc(Cl)o1. The zero-order valence-corrected chi connectivity index (χ0v) is 10.4. The fourth-order valence-corrected chi connectivity index (χ4v) is 1.50. The van der Waals surface area contributed by atoms with Crippen LogP contribution in [0.2, 0.25) is 5.22 Å². The van der Waals surface area contributed by atoms with Gasteiger partial charge in [-0.3, -0.25) is 9.59 Å². The van der Waals surface area contributed by atoms with Gasteiger partial charge in [-0.1, -0.05) is 6.92 Å². The van der Waals surface area contributed by atoms with Gasteiger partial charge in [0.1, 0.15) is 0 Å². The number of carbonyl (C=O) groups excluding carboxylic acids is 1. The second-order valence-electron chi connectivity index (χ2n) is 3.69. The van der Waals surface area contributed by atoms with Crippen molar-refractivity contribution in [3.05, 3.63) is 23.1 Å². The van der Waals surface area contributed by atoms with Crippen LogP contribution in [-0.4, -0.2) is 35.0 Å². The van der Waals surface area contributed by atoms with Crippen LogP contribution < -0.4 is 0 Å². The maximum Gasteiger partial charge on any atom is 0.308 e. The van der Waals surface area contributed by atoms with Gasteiger partial charge in [0.05, 0.1) is 5.92 Å². The highest BCUT2D eigenvalue weighted by Gasteiger charge is 2.22. The van der Waals surface area contributed by atoms with Gasteiger partial charge >= 0.3 is 5.97 Å². The molecule has 0 saturated heterocycles. The summed E-state index contributed by atoms with van der Waals surface area (Å²) in [5, 5.41) is 8.94. The molecule has 0 bridgehead atoms. The zero-order valence-electron chi connectivity index (χ0n) is 9.64. The van der Waals surface area contributed by atoms with E-state index >= 15 is 0 Å². The molecule has 1 N–H and O–H groups in total. The number of carboxylic acids is 1. The van der Waals surface area contributed by atoms with E-state index in [9.17, 15) is 9.59 Å². The van der Waals surface area contributed by atoms with Gasteiger partial charge < -0.3 is 14.4 Å². The fourth-order valence-electron chi connectivity index (χ4n) is 1.35. The predicted molar refractivity (Wildman–Crippen MR) is 62.1 cm³/mol. The largest absolute Gasteiger partial charge is 0.481 e. The molecule has 17 heavy (non-hydrogen) atoms. The molecule has 1 rings (SSSR count). The number of carbonyl (C=O) groups is 2. The lowest BCUT2D eigenvalue weighted by Crippen LogP contribution is -2.36. The third-order valence-corrected chi connectivity index (χ3v) is 2.57. The summed E-state index contributed by atoms with van der Waals surface area (Å²) in [4.78, 5) is 24.1. The van der Waals surface area contributed by atoms with E-state index in [0.29, 0.717) is 6.54 Å². The quantitative estimate of drug-likeness (QED) is 0.879. The number of rotatable bonds is 5. The molecule has 1 amide bonds. The summed E-state index contributed by atoms with van der Waals surface area (Å²) in [6.45, 7) is 3.88. The number of amides is 1. The first-order chi connectivity index (χ1) is 7.95. The molecule has 94 valence electrons. The van der Waals surface area contributed by atoms with Crippen molar-refractivity contribution in [1.82, 2.24) is 4.90 Å². The van der Waals surface area contributed by atoms with Gasteiger partial charge in [-0.05, 0) is 30.7 Å². The molecule has 1 aromatic rings. The smallest absolute Gasteiger partial charge is 0.308 e. The molecule has 0 saturated carbocycles. The highest BCUT2D eigenvalue weighted by Crippen LogP contribution is 2.15. The van der Waals surface area contributed by atoms with Crippen LogP contribution in [0.15, 0.2) is 16.5 Å². The molecule has 1 aromatic heterocycles. The minimum atomic E-state index is -0.936. The molecule has 6 heteroatoms. The number of carboxylic acid groups (broad SMARTS) is 1. The van der Waals surface area contributed by atoms with Crippen molar-refractivity contribution in [1.29, 1.82) is 0 Å². The standard InChI is InChI=1S/C11H14ClNO4/c1-3-13(6-7(2)11(15)16)10(14)8-4-5-9(12)17-8/h4-5,7H,3,6H2,1-2H3,(H,15,16). The van der Waals surface area contributed by atoms with Gasteiger partial charge in [-0.2, -0.15) is 0 Å². The third kappa shape index (κ3) is 3.49. The molecule has 0 aromatic carbocycles. The number of hydrogen-bond acceptors (Lipinski definition) is 3. The topological polar surface area (TPSA) is 70.8 Å². The first-order valence-electron chi connectivity index (χ1n) is 5.23. The normalized spacial score (nSPS) is 12.2. The van der Waals surface area contributed by atoms with Gasteiger partial charge in [-0.25, -0.2) is 0 Å². The molecule has 0 aliphatic heterocycles. The van der Waals surface area contributed by atoms with Gasteiger partial charge in [0.2, 0.25) is 0 Å². The van der Waals surface area contributed by atoms with E-state index in [-0.39, 0.29) is 23.4 Å². The first kappa shape index (κ1) is 13.6. The summed E-state index contributed by atoms with van der Waals surface area (Å²) < 4.78 is 5.00. The van der Waals surface area contributed by atoms with Crippen molar-refractivity contribution in [3.63, 3.8) is 0 Å². The number of furan rings is 1. The fraction of sp³-hybridized carbons (Fsp3) is 0.455. The molecule has 5 nitrogen and oxygen atoms in total. The minimum Gasteiger partial charge on any atom is -0.481 e. The van der Waals surface area contributed by atoms with Gasteiger partial charge in [0, 0.05) is 13.1 Å². The van der Waals surface area contributed by atoms with Crippen molar-refractivity contribution in [3.8, 4) is 0 Å². The minimum absolute atomic E-state index is 0.120. The highest BCUT2D eigenvalue weighted by molar-refractivity contribution is 6.29. The van der Waals surface area contributed by atoms with E-state index in [1.807, 2.05) is 0 Å². The van der Waals surface area contributed by atoms with Gasteiger partial charge in [0.15, 0.2) is 11.0 Å². The van der Waals surface area contributed by atoms with Crippen molar-refractivity contribution in [2.45, 2.75) is 13.8 Å². The Labute approximate surface area is 104 Å². The van der Waals surface area contributed by atoms with Crippen LogP contribution >= 0.6 is 11.6 Å². The summed E-state index contributed by atoms with van der Waals surface area (Å²) >= 11 is 5.58. The number of halogens is 1. The second kappa shape index (κ2) is 5.72. The summed E-state index contributed by atoms with van der Waals surface area (Å²) in [5.41, 5.74) is 0. The summed E-state index contributed by atoms with van der Waals surface area (Å²) in [6, 6.07) is 2.95. The molecule has 0 aliphatic carbocycles. The molecule has 0 radical (unpaired) electrons. The summed E-state index contributed by atoms with van der Waals surface area (Å²) in [6.07, 6.45) is 0. The van der Waals surface area contributed by atoms with Crippen molar-refractivity contribution < 1.29 is 19.1 Å². The maximum atomic E-state index is 11.9. The van der Waals surface area contributed by atoms with Crippen LogP contribution in [0, 0.1) is 5.92 Å². The van der Waals surface area contributed by atoms with Crippen LogP contribution in [0.1, 0.15) is 24.4 Å². The lowest BCUT2D eigenvalue weighted by Gasteiger charge is -2.21. The monoisotopic (exact) mass is 259 g/mol. The maximum absolute atomic E-state index is 11.9. The number of hydrogen-bond donors (Lipinski definition) is 1. The highest BCUT2D eigenvalue weighted by atomic mass is 35.5. The Morgan fingerprint density at radius 3 is 2.59 bits per heavy atom. The molecule has 1 unspecified atom stereocenters. The molecular weight excluding hydrogens is 246 g/mol. The van der Waals surface area contributed by atoms with Crippen LogP contribution in [-0.2, 0) is 4.79 Å². The Balaban J connectivity index is 2.74. The van der Waals surface area contributed by atoms with E-state index in [1.165, 1.54) is 17.0 Å². The lowest BCUT2D eigenvalue weighted by molar-refractivity contribution is -0.141. The average molecular weight is 260 g/mol. The number of aliphatic carboxylic acids is 1. The second-order valence-corrected chi connectivity index (χ2v) is 4.06. The van der Waals surface area contributed by atoms with Gasteiger partial charge in [0.25, 0.3) is 5.91 Å². The van der Waals surface area contributed by atoms with Crippen molar-refractivity contribution >= 4 is 23.5 Å². The third-order valence-electron chi connectivity index (χ3n) is 2.37. The Bertz CT molecular complexity index is 415. The van der Waals surface area contributed by atoms with Gasteiger partial charge in [-0.15, -0.1) is 0 Å². The van der Waals surface area contributed by atoms with E-state index in [1.54, 1.807) is 13.8 Å². The molecule has 0 fully saturated rings. The average Bonchev–Trinajstić information content (AvgIpc) is 2.71.